The maximum atomic E-state index is 3.55. The van der Waals surface area contributed by atoms with Crippen LogP contribution in [0.1, 0.15) is 6.42 Å². The molecule has 0 fully saturated rings. The second kappa shape index (κ2) is 6.96. The lowest BCUT2D eigenvalue weighted by atomic mass is 10.3. The molecule has 0 amide bonds. The molecular weight excluding hydrogens is 108 g/mol. The van der Waals surface area contributed by atoms with E-state index in [-0.39, 0.29) is 0 Å². The lowest BCUT2D eigenvalue weighted by Gasteiger charge is -1.75. The molecule has 0 heteroatoms. The largest absolute Gasteiger partial charge is 0.0991 e. The second-order valence-corrected chi connectivity index (χ2v) is 1.56. The molecular formula is C9H12. The highest BCUT2D eigenvalue weighted by Gasteiger charge is 1.64. The summed E-state index contributed by atoms with van der Waals surface area (Å²) in [5.41, 5.74) is 0. The van der Waals surface area contributed by atoms with Crippen LogP contribution in [-0.2, 0) is 0 Å². The van der Waals surface area contributed by atoms with E-state index in [4.69, 9.17) is 0 Å². The fraction of sp³-hybridized carbons (Fsp3) is 0.111. The molecule has 0 bridgehead atoms. The fourth-order valence-corrected chi connectivity index (χ4v) is 0.428. The van der Waals surface area contributed by atoms with Gasteiger partial charge in [-0.2, -0.15) is 0 Å². The van der Waals surface area contributed by atoms with E-state index in [0.29, 0.717) is 0 Å². The molecule has 0 saturated carbocycles. The molecule has 0 nitrogen and oxygen atoms in total. The quantitative estimate of drug-likeness (QED) is 0.500. The molecule has 0 N–H and O–H groups in total. The Balaban J connectivity index is 3.27. The topological polar surface area (TPSA) is 0 Å². The van der Waals surface area contributed by atoms with Gasteiger partial charge in [-0.3, -0.25) is 0 Å². The Morgan fingerprint density at radius 1 is 0.889 bits per heavy atom. The zero-order chi connectivity index (χ0) is 6.95. The summed E-state index contributed by atoms with van der Waals surface area (Å²) in [6.45, 7) is 7.09. The van der Waals surface area contributed by atoms with E-state index in [1.807, 2.05) is 24.3 Å². The van der Waals surface area contributed by atoms with Gasteiger partial charge in [0.1, 0.15) is 0 Å². The Hall–Kier alpha value is -1.04. The molecule has 0 aromatic heterocycles. The Kier molecular flexibility index (Phi) is 6.16. The van der Waals surface area contributed by atoms with E-state index < -0.39 is 0 Å². The van der Waals surface area contributed by atoms with Gasteiger partial charge in [0, 0.05) is 0 Å². The molecule has 0 aromatic carbocycles. The summed E-state index contributed by atoms with van der Waals surface area (Å²) in [6.07, 6.45) is 12.4. The zero-order valence-corrected chi connectivity index (χ0v) is 5.59. The van der Waals surface area contributed by atoms with Crippen molar-refractivity contribution >= 4 is 0 Å². The minimum atomic E-state index is 0.956. The van der Waals surface area contributed by atoms with Gasteiger partial charge in [-0.05, 0) is 6.42 Å². The van der Waals surface area contributed by atoms with Crippen molar-refractivity contribution in [2.45, 2.75) is 6.42 Å². The lowest BCUT2D eigenvalue weighted by molar-refractivity contribution is 1.39. The van der Waals surface area contributed by atoms with Crippen LogP contribution in [-0.4, -0.2) is 0 Å². The molecule has 0 heterocycles. The molecule has 0 rings (SSSR count). The molecule has 48 valence electrons. The molecule has 0 saturated heterocycles. The van der Waals surface area contributed by atoms with Crippen molar-refractivity contribution in [2.75, 3.05) is 0 Å². The number of allylic oxidation sites excluding steroid dienone is 6. The Bertz CT molecular complexity index is 111. The van der Waals surface area contributed by atoms with E-state index in [9.17, 15) is 0 Å². The van der Waals surface area contributed by atoms with Crippen LogP contribution in [0.2, 0.25) is 0 Å². The van der Waals surface area contributed by atoms with Gasteiger partial charge in [0.25, 0.3) is 0 Å². The van der Waals surface area contributed by atoms with E-state index in [1.54, 1.807) is 12.2 Å². The van der Waals surface area contributed by atoms with Crippen molar-refractivity contribution in [1.29, 1.82) is 0 Å². The first-order chi connectivity index (χ1) is 4.41. The van der Waals surface area contributed by atoms with Crippen LogP contribution in [0, 0.1) is 0 Å². The number of hydrogen-bond donors (Lipinski definition) is 0. The van der Waals surface area contributed by atoms with Gasteiger partial charge in [0.2, 0.25) is 0 Å². The Labute approximate surface area is 56.9 Å². The van der Waals surface area contributed by atoms with Crippen LogP contribution < -0.4 is 0 Å². The molecule has 0 spiro atoms. The van der Waals surface area contributed by atoms with Crippen molar-refractivity contribution in [3.05, 3.63) is 49.6 Å². The Morgan fingerprint density at radius 2 is 1.33 bits per heavy atom. The molecule has 0 aliphatic rings. The molecule has 0 atom stereocenters. The minimum Gasteiger partial charge on any atom is -0.0991 e. The summed E-state index contributed by atoms with van der Waals surface area (Å²) in [4.78, 5) is 0. The van der Waals surface area contributed by atoms with Gasteiger partial charge in [-0.1, -0.05) is 49.6 Å². The minimum absolute atomic E-state index is 0.956. The van der Waals surface area contributed by atoms with Crippen molar-refractivity contribution in [1.82, 2.24) is 0 Å². The van der Waals surface area contributed by atoms with Gasteiger partial charge in [0.15, 0.2) is 0 Å². The van der Waals surface area contributed by atoms with E-state index >= 15 is 0 Å². The molecule has 0 aliphatic heterocycles. The highest BCUT2D eigenvalue weighted by molar-refractivity contribution is 5.04. The summed E-state index contributed by atoms with van der Waals surface area (Å²) in [7, 11) is 0. The third-order valence-corrected chi connectivity index (χ3v) is 0.816. The van der Waals surface area contributed by atoms with Crippen molar-refractivity contribution in [3.8, 4) is 0 Å². The first kappa shape index (κ1) is 7.96. The fourth-order valence-electron chi connectivity index (χ4n) is 0.428. The average Bonchev–Trinajstić information content (AvgIpc) is 1.89. The first-order valence-corrected chi connectivity index (χ1v) is 2.97. The molecule has 9 heavy (non-hydrogen) atoms. The SMILES string of the molecule is C=CC=CCC=CC=C. The van der Waals surface area contributed by atoms with Crippen LogP contribution in [0.4, 0.5) is 0 Å². The van der Waals surface area contributed by atoms with Gasteiger partial charge < -0.3 is 0 Å². The van der Waals surface area contributed by atoms with E-state index in [1.165, 1.54) is 0 Å². The molecule has 0 aromatic rings. The number of hydrogen-bond acceptors (Lipinski definition) is 0. The predicted octanol–water partition coefficient (Wildman–Crippen LogP) is 2.86. The molecule has 0 unspecified atom stereocenters. The second-order valence-electron chi connectivity index (χ2n) is 1.56. The highest BCUT2D eigenvalue weighted by Crippen LogP contribution is 1.85. The van der Waals surface area contributed by atoms with E-state index in [0.717, 1.165) is 6.42 Å². The molecule has 0 aliphatic carbocycles. The van der Waals surface area contributed by atoms with Crippen LogP contribution in [0.5, 0.6) is 0 Å². The van der Waals surface area contributed by atoms with Gasteiger partial charge in [0.05, 0.1) is 0 Å². The van der Waals surface area contributed by atoms with E-state index in [2.05, 4.69) is 13.2 Å². The summed E-state index contributed by atoms with van der Waals surface area (Å²) < 4.78 is 0. The predicted molar refractivity (Wildman–Crippen MR) is 43.3 cm³/mol. The Morgan fingerprint density at radius 3 is 1.67 bits per heavy atom. The standard InChI is InChI=1S/C9H12/c1-3-5-7-9-8-6-4-2/h3-8H,1-2,9H2. The van der Waals surface area contributed by atoms with Gasteiger partial charge in [-0.25, -0.2) is 0 Å². The van der Waals surface area contributed by atoms with Gasteiger partial charge in [-0.15, -0.1) is 0 Å². The normalized spacial score (nSPS) is 10.7. The monoisotopic (exact) mass is 120 g/mol. The third kappa shape index (κ3) is 6.96. The van der Waals surface area contributed by atoms with Crippen LogP contribution in [0.15, 0.2) is 49.6 Å². The van der Waals surface area contributed by atoms with Crippen molar-refractivity contribution in [3.63, 3.8) is 0 Å². The zero-order valence-electron chi connectivity index (χ0n) is 5.59. The summed E-state index contributed by atoms with van der Waals surface area (Å²) in [5, 5.41) is 0. The maximum Gasteiger partial charge on any atom is -0.0163 e. The smallest absolute Gasteiger partial charge is 0.0163 e. The number of rotatable bonds is 4. The lowest BCUT2D eigenvalue weighted by Crippen LogP contribution is -1.54. The summed E-state index contributed by atoms with van der Waals surface area (Å²) in [6, 6.07) is 0. The molecule has 0 radical (unpaired) electrons. The summed E-state index contributed by atoms with van der Waals surface area (Å²) in [5.74, 6) is 0. The van der Waals surface area contributed by atoms with Crippen LogP contribution >= 0.6 is 0 Å². The average molecular weight is 120 g/mol. The third-order valence-electron chi connectivity index (χ3n) is 0.816. The van der Waals surface area contributed by atoms with Crippen molar-refractivity contribution in [2.24, 2.45) is 0 Å². The maximum absolute atomic E-state index is 3.55. The van der Waals surface area contributed by atoms with Crippen LogP contribution in [0.25, 0.3) is 0 Å². The van der Waals surface area contributed by atoms with Crippen molar-refractivity contribution < 1.29 is 0 Å². The van der Waals surface area contributed by atoms with Gasteiger partial charge >= 0.3 is 0 Å². The first-order valence-electron chi connectivity index (χ1n) is 2.97. The summed E-state index contributed by atoms with van der Waals surface area (Å²) >= 11 is 0. The highest BCUT2D eigenvalue weighted by atomic mass is 13.7. The van der Waals surface area contributed by atoms with Crippen LogP contribution in [0.3, 0.4) is 0 Å².